The minimum atomic E-state index is -0.414. The maximum Gasteiger partial charge on any atom is 0.236 e. The quantitative estimate of drug-likeness (QED) is 0.672. The van der Waals surface area contributed by atoms with Gasteiger partial charge in [-0.3, -0.25) is 4.79 Å². The predicted molar refractivity (Wildman–Crippen MR) is 77.0 cm³/mol. The summed E-state index contributed by atoms with van der Waals surface area (Å²) in [6, 6.07) is 4.41. The lowest BCUT2D eigenvalue weighted by molar-refractivity contribution is -0.113. The third kappa shape index (κ3) is 3.93. The van der Waals surface area contributed by atoms with Gasteiger partial charge in [-0.25, -0.2) is 9.37 Å². The number of nitrogens with two attached hydrogens (primary N) is 1. The molecule has 0 unspecified atom stereocenters. The SMILES string of the molecule is Cc1csc(NC(=O)CSc2ccc(N)cc2F)n1. The molecule has 0 aliphatic rings. The molecule has 0 aliphatic carbocycles. The Morgan fingerprint density at radius 1 is 1.58 bits per heavy atom. The third-order valence-corrected chi connectivity index (χ3v) is 4.10. The van der Waals surface area contributed by atoms with Gasteiger partial charge in [0.15, 0.2) is 5.13 Å². The Morgan fingerprint density at radius 2 is 2.37 bits per heavy atom. The second-order valence-corrected chi connectivity index (χ2v) is 5.70. The number of hydrogen-bond donors (Lipinski definition) is 2. The van der Waals surface area contributed by atoms with Gasteiger partial charge in [-0.1, -0.05) is 0 Å². The van der Waals surface area contributed by atoms with Crippen LogP contribution < -0.4 is 11.1 Å². The van der Waals surface area contributed by atoms with Crippen LogP contribution in [0.5, 0.6) is 0 Å². The van der Waals surface area contributed by atoms with Gasteiger partial charge < -0.3 is 11.1 Å². The number of benzene rings is 1. The van der Waals surface area contributed by atoms with Crippen molar-refractivity contribution < 1.29 is 9.18 Å². The van der Waals surface area contributed by atoms with Crippen LogP contribution in [0.1, 0.15) is 5.69 Å². The fourth-order valence-corrected chi connectivity index (χ4v) is 2.77. The second-order valence-electron chi connectivity index (χ2n) is 3.82. The van der Waals surface area contributed by atoms with Crippen LogP contribution in [0.4, 0.5) is 15.2 Å². The summed E-state index contributed by atoms with van der Waals surface area (Å²) in [5.74, 6) is -0.502. The van der Waals surface area contributed by atoms with E-state index < -0.39 is 5.82 Å². The molecule has 0 saturated carbocycles. The highest BCUT2D eigenvalue weighted by Crippen LogP contribution is 2.24. The normalized spacial score (nSPS) is 10.4. The molecule has 0 fully saturated rings. The lowest BCUT2D eigenvalue weighted by Crippen LogP contribution is -2.13. The first-order valence-corrected chi connectivity index (χ1v) is 7.31. The van der Waals surface area contributed by atoms with E-state index in [-0.39, 0.29) is 11.7 Å². The molecule has 19 heavy (non-hydrogen) atoms. The smallest absolute Gasteiger partial charge is 0.236 e. The van der Waals surface area contributed by atoms with Crippen molar-refractivity contribution in [1.29, 1.82) is 0 Å². The van der Waals surface area contributed by atoms with Crippen molar-refractivity contribution in [3.63, 3.8) is 0 Å². The van der Waals surface area contributed by atoms with E-state index in [2.05, 4.69) is 10.3 Å². The first-order chi connectivity index (χ1) is 9.04. The number of thiazole rings is 1. The molecule has 1 aromatic heterocycles. The number of nitrogens with one attached hydrogen (secondary N) is 1. The van der Waals surface area contributed by atoms with Crippen LogP contribution >= 0.6 is 23.1 Å². The molecule has 4 nitrogen and oxygen atoms in total. The highest BCUT2D eigenvalue weighted by Gasteiger charge is 2.09. The number of halogens is 1. The zero-order chi connectivity index (χ0) is 13.8. The van der Waals surface area contributed by atoms with Gasteiger partial charge in [-0.2, -0.15) is 0 Å². The Hall–Kier alpha value is -1.60. The van der Waals surface area contributed by atoms with Gasteiger partial charge in [0.1, 0.15) is 5.82 Å². The zero-order valence-electron chi connectivity index (χ0n) is 10.1. The van der Waals surface area contributed by atoms with Crippen molar-refractivity contribution in [2.45, 2.75) is 11.8 Å². The van der Waals surface area contributed by atoms with E-state index in [9.17, 15) is 9.18 Å². The maximum absolute atomic E-state index is 13.5. The molecular formula is C12H12FN3OS2. The third-order valence-electron chi connectivity index (χ3n) is 2.18. The summed E-state index contributed by atoms with van der Waals surface area (Å²) >= 11 is 2.49. The minimum absolute atomic E-state index is 0.124. The summed E-state index contributed by atoms with van der Waals surface area (Å²) in [5, 5.41) is 5.07. The van der Waals surface area contributed by atoms with Crippen LogP contribution in [-0.4, -0.2) is 16.6 Å². The van der Waals surface area contributed by atoms with E-state index in [4.69, 9.17) is 5.73 Å². The number of carbonyl (C=O) groups excluding carboxylic acids is 1. The predicted octanol–water partition coefficient (Wildman–Crippen LogP) is 2.90. The van der Waals surface area contributed by atoms with Crippen LogP contribution in [0.15, 0.2) is 28.5 Å². The van der Waals surface area contributed by atoms with Gasteiger partial charge in [-0.15, -0.1) is 23.1 Å². The Kier molecular flexibility index (Phi) is 4.39. The van der Waals surface area contributed by atoms with E-state index in [0.29, 0.717) is 15.7 Å². The average Bonchev–Trinajstić information content (AvgIpc) is 2.73. The largest absolute Gasteiger partial charge is 0.399 e. The molecule has 0 saturated heterocycles. The lowest BCUT2D eigenvalue weighted by atomic mass is 10.3. The Bertz CT molecular complexity index is 600. The molecule has 0 aliphatic heterocycles. The topological polar surface area (TPSA) is 68.0 Å². The van der Waals surface area contributed by atoms with E-state index in [1.807, 2.05) is 12.3 Å². The number of aryl methyl sites for hydroxylation is 1. The van der Waals surface area contributed by atoms with Gasteiger partial charge in [0, 0.05) is 16.0 Å². The second kappa shape index (κ2) is 6.03. The molecule has 0 radical (unpaired) electrons. The summed E-state index contributed by atoms with van der Waals surface area (Å²) in [6.07, 6.45) is 0. The van der Waals surface area contributed by atoms with E-state index in [1.54, 1.807) is 12.1 Å². The summed E-state index contributed by atoms with van der Waals surface area (Å²) in [4.78, 5) is 16.2. The summed E-state index contributed by atoms with van der Waals surface area (Å²) in [5.41, 5.74) is 6.68. The van der Waals surface area contributed by atoms with Crippen molar-refractivity contribution >= 4 is 39.8 Å². The van der Waals surface area contributed by atoms with Crippen molar-refractivity contribution in [3.8, 4) is 0 Å². The highest BCUT2D eigenvalue weighted by molar-refractivity contribution is 8.00. The lowest BCUT2D eigenvalue weighted by Gasteiger charge is -2.04. The highest BCUT2D eigenvalue weighted by atomic mass is 32.2. The van der Waals surface area contributed by atoms with Crippen molar-refractivity contribution in [2.75, 3.05) is 16.8 Å². The summed E-state index contributed by atoms with van der Waals surface area (Å²) in [7, 11) is 0. The number of nitrogen functional groups attached to an aromatic ring is 1. The van der Waals surface area contributed by atoms with Gasteiger partial charge in [-0.05, 0) is 25.1 Å². The van der Waals surface area contributed by atoms with Crippen LogP contribution in [0.2, 0.25) is 0 Å². The standard InChI is InChI=1S/C12H12FN3OS2/c1-7-5-19-12(15-7)16-11(17)6-18-10-3-2-8(14)4-9(10)13/h2-5H,6,14H2,1H3,(H,15,16,17). The van der Waals surface area contributed by atoms with Gasteiger partial charge in [0.25, 0.3) is 0 Å². The van der Waals surface area contributed by atoms with Crippen molar-refractivity contribution in [2.24, 2.45) is 0 Å². The fourth-order valence-electron chi connectivity index (χ4n) is 1.34. The number of anilines is 2. The van der Waals surface area contributed by atoms with Crippen LogP contribution in [0, 0.1) is 12.7 Å². The van der Waals surface area contributed by atoms with E-state index in [1.165, 1.54) is 17.4 Å². The Morgan fingerprint density at radius 3 is 3.00 bits per heavy atom. The molecule has 2 rings (SSSR count). The number of rotatable bonds is 4. The molecule has 1 amide bonds. The number of nitrogens with zero attached hydrogens (tertiary/aromatic N) is 1. The molecule has 1 heterocycles. The first-order valence-electron chi connectivity index (χ1n) is 5.44. The molecule has 1 aromatic carbocycles. The number of amides is 1. The minimum Gasteiger partial charge on any atom is -0.399 e. The fraction of sp³-hybridized carbons (Fsp3) is 0.167. The maximum atomic E-state index is 13.5. The van der Waals surface area contributed by atoms with Crippen molar-refractivity contribution in [1.82, 2.24) is 4.98 Å². The Labute approximate surface area is 118 Å². The monoisotopic (exact) mass is 297 g/mol. The molecule has 2 aromatic rings. The van der Waals surface area contributed by atoms with E-state index in [0.717, 1.165) is 17.5 Å². The van der Waals surface area contributed by atoms with Crippen LogP contribution in [-0.2, 0) is 4.79 Å². The number of hydrogen-bond acceptors (Lipinski definition) is 5. The van der Waals surface area contributed by atoms with Gasteiger partial charge in [0.05, 0.1) is 11.4 Å². The van der Waals surface area contributed by atoms with Crippen molar-refractivity contribution in [3.05, 3.63) is 35.1 Å². The molecule has 100 valence electrons. The molecule has 7 heteroatoms. The molecule has 0 bridgehead atoms. The summed E-state index contributed by atoms with van der Waals surface area (Å²) < 4.78 is 13.5. The average molecular weight is 297 g/mol. The van der Waals surface area contributed by atoms with E-state index >= 15 is 0 Å². The molecule has 0 spiro atoms. The van der Waals surface area contributed by atoms with Crippen LogP contribution in [0.25, 0.3) is 0 Å². The molecular weight excluding hydrogens is 285 g/mol. The Balaban J connectivity index is 1.89. The molecule has 0 atom stereocenters. The number of carbonyl (C=O) groups is 1. The van der Waals surface area contributed by atoms with Gasteiger partial charge in [0.2, 0.25) is 5.91 Å². The zero-order valence-corrected chi connectivity index (χ0v) is 11.8. The summed E-state index contributed by atoms with van der Waals surface area (Å²) in [6.45, 7) is 1.85. The molecule has 3 N–H and O–H groups in total. The van der Waals surface area contributed by atoms with Gasteiger partial charge >= 0.3 is 0 Å². The number of aromatic nitrogens is 1. The first kappa shape index (κ1) is 13.8. The van der Waals surface area contributed by atoms with Crippen LogP contribution in [0.3, 0.4) is 0 Å². The number of thioether (sulfide) groups is 1.